The summed E-state index contributed by atoms with van der Waals surface area (Å²) in [5.74, 6) is 0.154. The predicted octanol–water partition coefficient (Wildman–Crippen LogP) is 2.29. The van der Waals surface area contributed by atoms with Gasteiger partial charge in [0.1, 0.15) is 4.88 Å². The van der Waals surface area contributed by atoms with Crippen molar-refractivity contribution < 1.29 is 4.79 Å². The van der Waals surface area contributed by atoms with E-state index in [0.717, 1.165) is 29.0 Å². The lowest BCUT2D eigenvalue weighted by Crippen LogP contribution is -2.51. The molecule has 1 unspecified atom stereocenters. The third kappa shape index (κ3) is 2.31. The summed E-state index contributed by atoms with van der Waals surface area (Å²) >= 11 is 4.91. The van der Waals surface area contributed by atoms with Crippen LogP contribution in [0.2, 0.25) is 0 Å². The van der Waals surface area contributed by atoms with Crippen LogP contribution in [0.1, 0.15) is 16.6 Å². The maximum atomic E-state index is 12.2. The van der Waals surface area contributed by atoms with E-state index in [1.165, 1.54) is 11.3 Å². The van der Waals surface area contributed by atoms with Crippen LogP contribution < -0.4 is 0 Å². The minimum absolute atomic E-state index is 0.154. The molecule has 1 amide bonds. The van der Waals surface area contributed by atoms with Crippen LogP contribution in [0, 0.1) is 0 Å². The number of carbonyl (C=O) groups excluding carboxylic acids is 1. The molecule has 16 heavy (non-hydrogen) atoms. The molecule has 0 spiro atoms. The Kier molecular flexibility index (Phi) is 3.66. The van der Waals surface area contributed by atoms with Gasteiger partial charge in [-0.1, -0.05) is 0 Å². The predicted molar refractivity (Wildman–Crippen MR) is 70.0 cm³/mol. The number of rotatable bonds is 1. The van der Waals surface area contributed by atoms with Crippen LogP contribution in [0.3, 0.4) is 0 Å². The molecule has 1 aliphatic heterocycles. The number of carbonyl (C=O) groups is 1. The Morgan fingerprint density at radius 2 is 2.31 bits per heavy atom. The number of hydrogen-bond acceptors (Lipinski definition) is 3. The van der Waals surface area contributed by atoms with E-state index in [0.29, 0.717) is 6.04 Å². The number of hydrogen-bond donors (Lipinski definition) is 0. The highest BCUT2D eigenvalue weighted by atomic mass is 79.9. The quantitative estimate of drug-likeness (QED) is 0.795. The molecule has 0 aromatic carbocycles. The molecular formula is C11H15BrN2OS. The first-order valence-corrected chi connectivity index (χ1v) is 6.99. The topological polar surface area (TPSA) is 23.6 Å². The van der Waals surface area contributed by atoms with Crippen molar-refractivity contribution in [1.82, 2.24) is 9.80 Å². The van der Waals surface area contributed by atoms with E-state index in [1.54, 1.807) is 0 Å². The molecule has 5 heteroatoms. The van der Waals surface area contributed by atoms with Gasteiger partial charge in [-0.15, -0.1) is 11.3 Å². The summed E-state index contributed by atoms with van der Waals surface area (Å²) in [5, 5.41) is 1.94. The van der Waals surface area contributed by atoms with Crippen LogP contribution in [-0.2, 0) is 0 Å². The fraction of sp³-hybridized carbons (Fsp3) is 0.545. The Bertz CT molecular complexity index is 393. The molecule has 1 saturated heterocycles. The van der Waals surface area contributed by atoms with Gasteiger partial charge in [-0.05, 0) is 41.3 Å². The van der Waals surface area contributed by atoms with Crippen LogP contribution in [0.4, 0.5) is 0 Å². The highest BCUT2D eigenvalue weighted by Gasteiger charge is 2.26. The Morgan fingerprint density at radius 1 is 1.56 bits per heavy atom. The molecule has 1 fully saturated rings. The maximum absolute atomic E-state index is 12.2. The summed E-state index contributed by atoms with van der Waals surface area (Å²) in [6.45, 7) is 4.75. The molecular weight excluding hydrogens is 288 g/mol. The highest BCUT2D eigenvalue weighted by molar-refractivity contribution is 9.10. The normalized spacial score (nSPS) is 22.4. The van der Waals surface area contributed by atoms with Crippen molar-refractivity contribution in [3.05, 3.63) is 20.8 Å². The smallest absolute Gasteiger partial charge is 0.265 e. The molecule has 0 saturated carbocycles. The van der Waals surface area contributed by atoms with Gasteiger partial charge in [-0.2, -0.15) is 0 Å². The standard InChI is InChI=1S/C11H15BrN2OS/c1-8-7-14(5-4-13(8)2)11(15)10-9(12)3-6-16-10/h3,6,8H,4-5,7H2,1-2H3. The highest BCUT2D eigenvalue weighted by Crippen LogP contribution is 2.25. The summed E-state index contributed by atoms with van der Waals surface area (Å²) in [6.07, 6.45) is 0. The first kappa shape index (κ1) is 12.1. The second kappa shape index (κ2) is 4.85. The molecule has 3 nitrogen and oxygen atoms in total. The van der Waals surface area contributed by atoms with Gasteiger partial charge in [0.25, 0.3) is 5.91 Å². The molecule has 1 aromatic heterocycles. The fourth-order valence-corrected chi connectivity index (χ4v) is 3.33. The molecule has 0 radical (unpaired) electrons. The van der Waals surface area contributed by atoms with Crippen LogP contribution in [0.15, 0.2) is 15.9 Å². The van der Waals surface area contributed by atoms with E-state index < -0.39 is 0 Å². The summed E-state index contributed by atoms with van der Waals surface area (Å²) in [6, 6.07) is 2.37. The van der Waals surface area contributed by atoms with Gasteiger partial charge in [0.05, 0.1) is 0 Å². The van der Waals surface area contributed by atoms with E-state index >= 15 is 0 Å². The summed E-state index contributed by atoms with van der Waals surface area (Å²) in [7, 11) is 2.10. The molecule has 0 N–H and O–H groups in total. The van der Waals surface area contributed by atoms with Gasteiger partial charge in [-0.3, -0.25) is 4.79 Å². The van der Waals surface area contributed by atoms with Gasteiger partial charge in [0.2, 0.25) is 0 Å². The minimum atomic E-state index is 0.154. The van der Waals surface area contributed by atoms with Gasteiger partial charge in [0.15, 0.2) is 0 Å². The van der Waals surface area contributed by atoms with Crippen molar-refractivity contribution in [3.63, 3.8) is 0 Å². The first-order valence-electron chi connectivity index (χ1n) is 5.32. The van der Waals surface area contributed by atoms with Crippen molar-refractivity contribution in [3.8, 4) is 0 Å². The van der Waals surface area contributed by atoms with Crippen molar-refractivity contribution in [1.29, 1.82) is 0 Å². The number of halogens is 1. The lowest BCUT2D eigenvalue weighted by Gasteiger charge is -2.37. The van der Waals surface area contributed by atoms with Crippen molar-refractivity contribution in [2.24, 2.45) is 0 Å². The van der Waals surface area contributed by atoms with E-state index in [4.69, 9.17) is 0 Å². The zero-order valence-corrected chi connectivity index (χ0v) is 11.8. The second-order valence-corrected chi connectivity index (χ2v) is 5.95. The van der Waals surface area contributed by atoms with Crippen LogP contribution in [-0.4, -0.2) is 48.4 Å². The van der Waals surface area contributed by atoms with Crippen molar-refractivity contribution in [2.75, 3.05) is 26.7 Å². The molecule has 0 bridgehead atoms. The molecule has 88 valence electrons. The fourth-order valence-electron chi connectivity index (χ4n) is 1.82. The zero-order chi connectivity index (χ0) is 11.7. The Morgan fingerprint density at radius 3 is 2.88 bits per heavy atom. The van der Waals surface area contributed by atoms with Gasteiger partial charge in [-0.25, -0.2) is 0 Å². The minimum Gasteiger partial charge on any atom is -0.335 e. The van der Waals surface area contributed by atoms with Crippen LogP contribution in [0.5, 0.6) is 0 Å². The Hall–Kier alpha value is -0.390. The molecule has 1 atom stereocenters. The lowest BCUT2D eigenvalue weighted by atomic mass is 10.2. The number of thiophene rings is 1. The molecule has 1 aromatic rings. The molecule has 1 aliphatic rings. The number of likely N-dealkylation sites (N-methyl/N-ethyl adjacent to an activating group) is 1. The summed E-state index contributed by atoms with van der Waals surface area (Å²) in [5.41, 5.74) is 0. The van der Waals surface area contributed by atoms with Crippen LogP contribution >= 0.6 is 27.3 Å². The Labute approximate surface area is 108 Å². The first-order chi connectivity index (χ1) is 7.59. The maximum Gasteiger partial charge on any atom is 0.265 e. The summed E-state index contributed by atoms with van der Waals surface area (Å²) < 4.78 is 0.911. The SMILES string of the molecule is CC1CN(C(=O)c2sccc2Br)CCN1C. The molecule has 2 rings (SSSR count). The number of nitrogens with zero attached hydrogens (tertiary/aromatic N) is 2. The third-order valence-electron chi connectivity index (χ3n) is 3.06. The average molecular weight is 303 g/mol. The Balaban J connectivity index is 2.09. The van der Waals surface area contributed by atoms with E-state index in [9.17, 15) is 4.79 Å². The zero-order valence-electron chi connectivity index (χ0n) is 9.44. The van der Waals surface area contributed by atoms with Crippen molar-refractivity contribution >= 4 is 33.2 Å². The second-order valence-electron chi connectivity index (χ2n) is 4.18. The number of amides is 1. The largest absolute Gasteiger partial charge is 0.335 e. The molecule has 2 heterocycles. The lowest BCUT2D eigenvalue weighted by molar-refractivity contribution is 0.0576. The van der Waals surface area contributed by atoms with Gasteiger partial charge >= 0.3 is 0 Å². The average Bonchev–Trinajstić information content (AvgIpc) is 2.67. The van der Waals surface area contributed by atoms with E-state index in [1.807, 2.05) is 16.3 Å². The monoisotopic (exact) mass is 302 g/mol. The summed E-state index contributed by atoms with van der Waals surface area (Å²) in [4.78, 5) is 17.3. The third-order valence-corrected chi connectivity index (χ3v) is 4.88. The van der Waals surface area contributed by atoms with Crippen LogP contribution in [0.25, 0.3) is 0 Å². The van der Waals surface area contributed by atoms with E-state index in [2.05, 4.69) is 34.8 Å². The van der Waals surface area contributed by atoms with E-state index in [-0.39, 0.29) is 5.91 Å². The number of piperazine rings is 1. The van der Waals surface area contributed by atoms with Crippen molar-refractivity contribution in [2.45, 2.75) is 13.0 Å². The molecule has 0 aliphatic carbocycles. The van der Waals surface area contributed by atoms with Gasteiger partial charge in [0, 0.05) is 30.1 Å². The van der Waals surface area contributed by atoms with Gasteiger partial charge < -0.3 is 9.80 Å².